The van der Waals surface area contributed by atoms with Crippen molar-refractivity contribution in [2.24, 2.45) is 0 Å². The van der Waals surface area contributed by atoms with E-state index in [2.05, 4.69) is 5.32 Å². The Hall–Kier alpha value is -1.30. The summed E-state index contributed by atoms with van der Waals surface area (Å²) < 4.78 is 15.5. The largest absolute Gasteiger partial charge is 0.454 e. The van der Waals surface area contributed by atoms with Gasteiger partial charge < -0.3 is 24.6 Å². The van der Waals surface area contributed by atoms with E-state index in [4.69, 9.17) is 14.2 Å². The van der Waals surface area contributed by atoms with E-state index < -0.39 is 6.10 Å². The number of methoxy groups -OCH3 is 1. The number of nitrogens with one attached hydrogen (secondary N) is 1. The lowest BCUT2D eigenvalue weighted by Gasteiger charge is -2.11. The molecule has 0 aromatic heterocycles. The second kappa shape index (κ2) is 5.86. The first-order chi connectivity index (χ1) is 8.31. The van der Waals surface area contributed by atoms with Gasteiger partial charge in [-0.3, -0.25) is 0 Å². The summed E-state index contributed by atoms with van der Waals surface area (Å²) in [5.41, 5.74) is 1.03. The SMILES string of the molecule is COCC(O)CNCc1cccc2c1OCO2. The van der Waals surface area contributed by atoms with Gasteiger partial charge in [0.05, 0.1) is 12.7 Å². The van der Waals surface area contributed by atoms with Crippen molar-refractivity contribution in [2.75, 3.05) is 27.1 Å². The Morgan fingerprint density at radius 1 is 1.47 bits per heavy atom. The van der Waals surface area contributed by atoms with Crippen LogP contribution in [0.15, 0.2) is 18.2 Å². The molecule has 5 heteroatoms. The normalized spacial score (nSPS) is 14.9. The van der Waals surface area contributed by atoms with Crippen LogP contribution < -0.4 is 14.8 Å². The molecule has 0 saturated carbocycles. The summed E-state index contributed by atoms with van der Waals surface area (Å²) in [7, 11) is 1.57. The van der Waals surface area contributed by atoms with Crippen LogP contribution >= 0.6 is 0 Å². The Morgan fingerprint density at radius 2 is 2.35 bits per heavy atom. The van der Waals surface area contributed by atoms with Gasteiger partial charge >= 0.3 is 0 Å². The quantitative estimate of drug-likeness (QED) is 0.757. The summed E-state index contributed by atoms with van der Waals surface area (Å²) in [6.07, 6.45) is -0.492. The second-order valence-electron chi connectivity index (χ2n) is 3.89. The molecular formula is C12H17NO4. The van der Waals surface area contributed by atoms with E-state index in [1.807, 2.05) is 18.2 Å². The lowest BCUT2D eigenvalue weighted by molar-refractivity contribution is 0.0643. The molecule has 1 aliphatic heterocycles. The third-order valence-corrected chi connectivity index (χ3v) is 2.53. The predicted octanol–water partition coefficient (Wildman–Crippen LogP) is 0.512. The van der Waals surface area contributed by atoms with E-state index in [0.717, 1.165) is 17.1 Å². The standard InChI is InChI=1S/C12H17NO4/c1-15-7-10(14)6-13-5-9-3-2-4-11-12(9)17-8-16-11/h2-4,10,13-14H,5-8H2,1H3. The number of hydrogen-bond donors (Lipinski definition) is 2. The molecule has 1 heterocycles. The molecule has 5 nitrogen and oxygen atoms in total. The van der Waals surface area contributed by atoms with Crippen LogP contribution in [-0.4, -0.2) is 38.3 Å². The van der Waals surface area contributed by atoms with Crippen molar-refractivity contribution in [3.63, 3.8) is 0 Å². The van der Waals surface area contributed by atoms with Crippen LogP contribution in [0, 0.1) is 0 Å². The zero-order chi connectivity index (χ0) is 12.1. The van der Waals surface area contributed by atoms with Gasteiger partial charge in [-0.25, -0.2) is 0 Å². The summed E-state index contributed by atoms with van der Waals surface area (Å²) in [6.45, 7) is 1.73. The number of ether oxygens (including phenoxy) is 3. The van der Waals surface area contributed by atoms with Gasteiger partial charge in [0.15, 0.2) is 11.5 Å². The molecule has 0 saturated heterocycles. The van der Waals surface area contributed by atoms with Gasteiger partial charge in [0, 0.05) is 25.8 Å². The van der Waals surface area contributed by atoms with Gasteiger partial charge in [0.25, 0.3) is 0 Å². The van der Waals surface area contributed by atoms with Crippen molar-refractivity contribution in [2.45, 2.75) is 12.6 Å². The van der Waals surface area contributed by atoms with Crippen molar-refractivity contribution < 1.29 is 19.3 Å². The minimum Gasteiger partial charge on any atom is -0.454 e. The summed E-state index contributed by atoms with van der Waals surface area (Å²) in [5.74, 6) is 1.57. The third kappa shape index (κ3) is 3.09. The van der Waals surface area contributed by atoms with Crippen LogP contribution in [0.4, 0.5) is 0 Å². The minimum absolute atomic E-state index is 0.276. The van der Waals surface area contributed by atoms with Crippen LogP contribution in [0.5, 0.6) is 11.5 Å². The highest BCUT2D eigenvalue weighted by atomic mass is 16.7. The van der Waals surface area contributed by atoms with Crippen LogP contribution in [0.1, 0.15) is 5.56 Å². The topological polar surface area (TPSA) is 60.0 Å². The van der Waals surface area contributed by atoms with Gasteiger partial charge in [-0.15, -0.1) is 0 Å². The molecule has 2 N–H and O–H groups in total. The third-order valence-electron chi connectivity index (χ3n) is 2.53. The fourth-order valence-corrected chi connectivity index (χ4v) is 1.75. The molecule has 2 rings (SSSR count). The minimum atomic E-state index is -0.492. The van der Waals surface area contributed by atoms with Crippen LogP contribution in [-0.2, 0) is 11.3 Å². The van der Waals surface area contributed by atoms with E-state index in [-0.39, 0.29) is 6.79 Å². The van der Waals surface area contributed by atoms with Gasteiger partial charge in [-0.1, -0.05) is 12.1 Å². The van der Waals surface area contributed by atoms with E-state index in [9.17, 15) is 5.11 Å². The van der Waals surface area contributed by atoms with Gasteiger partial charge in [0.1, 0.15) is 0 Å². The van der Waals surface area contributed by atoms with Crippen molar-refractivity contribution in [1.29, 1.82) is 0 Å². The molecule has 1 aliphatic rings. The number of benzene rings is 1. The molecule has 0 spiro atoms. The fraction of sp³-hybridized carbons (Fsp3) is 0.500. The Bertz CT molecular complexity index is 370. The maximum atomic E-state index is 9.48. The molecule has 1 atom stereocenters. The van der Waals surface area contributed by atoms with Crippen molar-refractivity contribution in [3.05, 3.63) is 23.8 Å². The molecule has 0 aliphatic carbocycles. The smallest absolute Gasteiger partial charge is 0.231 e. The lowest BCUT2D eigenvalue weighted by atomic mass is 10.2. The average molecular weight is 239 g/mol. The zero-order valence-electron chi connectivity index (χ0n) is 9.81. The van der Waals surface area contributed by atoms with E-state index in [0.29, 0.717) is 19.7 Å². The summed E-state index contributed by atoms with van der Waals surface area (Å²) in [4.78, 5) is 0. The lowest BCUT2D eigenvalue weighted by Crippen LogP contribution is -2.29. The first-order valence-electron chi connectivity index (χ1n) is 5.56. The van der Waals surface area contributed by atoms with E-state index in [1.165, 1.54) is 0 Å². The van der Waals surface area contributed by atoms with Gasteiger partial charge in [0.2, 0.25) is 6.79 Å². The highest BCUT2D eigenvalue weighted by Crippen LogP contribution is 2.35. The zero-order valence-corrected chi connectivity index (χ0v) is 9.81. The number of fused-ring (bicyclic) bond motifs is 1. The van der Waals surface area contributed by atoms with Crippen LogP contribution in [0.3, 0.4) is 0 Å². The molecule has 1 aromatic carbocycles. The van der Waals surface area contributed by atoms with Crippen molar-refractivity contribution in [1.82, 2.24) is 5.32 Å². The van der Waals surface area contributed by atoms with Crippen molar-refractivity contribution in [3.8, 4) is 11.5 Å². The second-order valence-corrected chi connectivity index (χ2v) is 3.89. The van der Waals surface area contributed by atoms with Crippen molar-refractivity contribution >= 4 is 0 Å². The van der Waals surface area contributed by atoms with Crippen LogP contribution in [0.2, 0.25) is 0 Å². The number of aliphatic hydroxyl groups excluding tert-OH is 1. The summed E-state index contributed by atoms with van der Waals surface area (Å²) in [5, 5.41) is 12.6. The average Bonchev–Trinajstić information content (AvgIpc) is 2.78. The fourth-order valence-electron chi connectivity index (χ4n) is 1.75. The molecule has 0 bridgehead atoms. The summed E-state index contributed by atoms with van der Waals surface area (Å²) >= 11 is 0. The molecule has 1 unspecified atom stereocenters. The number of hydrogen-bond acceptors (Lipinski definition) is 5. The molecule has 0 radical (unpaired) electrons. The number of aliphatic hydroxyl groups is 1. The molecular weight excluding hydrogens is 222 g/mol. The van der Waals surface area contributed by atoms with E-state index >= 15 is 0 Å². The molecule has 0 amide bonds. The molecule has 0 fully saturated rings. The summed E-state index contributed by atoms with van der Waals surface area (Å²) in [6, 6.07) is 5.78. The number of rotatable bonds is 6. The highest BCUT2D eigenvalue weighted by Gasteiger charge is 2.16. The van der Waals surface area contributed by atoms with Crippen LogP contribution in [0.25, 0.3) is 0 Å². The Morgan fingerprint density at radius 3 is 3.18 bits per heavy atom. The molecule has 94 valence electrons. The highest BCUT2D eigenvalue weighted by molar-refractivity contribution is 5.48. The monoisotopic (exact) mass is 239 g/mol. The van der Waals surface area contributed by atoms with Gasteiger partial charge in [-0.05, 0) is 6.07 Å². The Balaban J connectivity index is 1.85. The predicted molar refractivity (Wildman–Crippen MR) is 62.2 cm³/mol. The maximum absolute atomic E-state index is 9.48. The van der Waals surface area contributed by atoms with E-state index in [1.54, 1.807) is 7.11 Å². The number of para-hydroxylation sites is 1. The Labute approximate surface area is 100 Å². The first-order valence-corrected chi connectivity index (χ1v) is 5.56. The van der Waals surface area contributed by atoms with Gasteiger partial charge in [-0.2, -0.15) is 0 Å². The molecule has 17 heavy (non-hydrogen) atoms. The maximum Gasteiger partial charge on any atom is 0.231 e. The first kappa shape index (κ1) is 12.2. The molecule has 1 aromatic rings. The Kier molecular flexibility index (Phi) is 4.19.